The van der Waals surface area contributed by atoms with Crippen molar-refractivity contribution in [3.63, 3.8) is 0 Å². The lowest BCUT2D eigenvalue weighted by molar-refractivity contribution is 0.368. The predicted molar refractivity (Wildman–Crippen MR) is 114 cm³/mol. The molecule has 30 heavy (non-hydrogen) atoms. The Labute approximate surface area is 178 Å². The molecule has 10 heteroatoms. The van der Waals surface area contributed by atoms with E-state index in [4.69, 9.17) is 16.1 Å². The monoisotopic (exact) mass is 427 g/mol. The van der Waals surface area contributed by atoms with Crippen molar-refractivity contribution in [3.8, 4) is 0 Å². The van der Waals surface area contributed by atoms with Gasteiger partial charge in [-0.05, 0) is 24.5 Å². The molecular formula is C20H22ClN7O2. The van der Waals surface area contributed by atoms with E-state index in [9.17, 15) is 4.79 Å². The minimum atomic E-state index is -0.113. The molecule has 0 aromatic carbocycles. The zero-order valence-electron chi connectivity index (χ0n) is 16.8. The van der Waals surface area contributed by atoms with Crippen molar-refractivity contribution < 1.29 is 4.52 Å². The molecule has 2 aliphatic heterocycles. The lowest BCUT2D eigenvalue weighted by atomic mass is 10.1. The Hall–Kier alpha value is -3.07. The second-order valence-corrected chi connectivity index (χ2v) is 7.93. The van der Waals surface area contributed by atoms with Gasteiger partial charge < -0.3 is 9.42 Å². The van der Waals surface area contributed by atoms with E-state index >= 15 is 0 Å². The van der Waals surface area contributed by atoms with Crippen molar-refractivity contribution in [1.82, 2.24) is 24.7 Å². The molecule has 1 saturated heterocycles. The quantitative estimate of drug-likeness (QED) is 0.632. The largest absolute Gasteiger partial charge is 0.356 e. The lowest BCUT2D eigenvalue weighted by Crippen LogP contribution is -2.25. The molecular weight excluding hydrogens is 406 g/mol. The SMILES string of the molecule is CC1C=Nc2ncn(Cc3ncno3)c(=O)c21.CC1CCN(c2cc(Cl)ccn2)C1. The van der Waals surface area contributed by atoms with Gasteiger partial charge in [0.2, 0.25) is 5.89 Å². The Morgan fingerprint density at radius 2 is 2.13 bits per heavy atom. The van der Waals surface area contributed by atoms with Crippen molar-refractivity contribution in [2.75, 3.05) is 18.0 Å². The topological polar surface area (TPSA) is 102 Å². The highest BCUT2D eigenvalue weighted by Crippen LogP contribution is 2.26. The third kappa shape index (κ3) is 4.40. The first kappa shape index (κ1) is 20.2. The van der Waals surface area contributed by atoms with E-state index in [0.717, 1.165) is 29.8 Å². The van der Waals surface area contributed by atoms with Crippen LogP contribution in [0.3, 0.4) is 0 Å². The molecule has 9 nitrogen and oxygen atoms in total. The average molecular weight is 428 g/mol. The molecule has 0 saturated carbocycles. The first-order valence-electron chi connectivity index (χ1n) is 9.77. The second kappa shape index (κ2) is 8.74. The summed E-state index contributed by atoms with van der Waals surface area (Å²) < 4.78 is 6.30. The van der Waals surface area contributed by atoms with Gasteiger partial charge in [-0.2, -0.15) is 4.98 Å². The number of rotatable bonds is 3. The average Bonchev–Trinajstić information content (AvgIpc) is 3.47. The van der Waals surface area contributed by atoms with Crippen LogP contribution >= 0.6 is 11.6 Å². The summed E-state index contributed by atoms with van der Waals surface area (Å²) in [6, 6.07) is 3.74. The summed E-state index contributed by atoms with van der Waals surface area (Å²) in [6.45, 7) is 6.62. The van der Waals surface area contributed by atoms with Crippen LogP contribution in [0.1, 0.15) is 37.6 Å². The van der Waals surface area contributed by atoms with Gasteiger partial charge in [-0.3, -0.25) is 9.36 Å². The number of hydrogen-bond donors (Lipinski definition) is 0. The highest BCUT2D eigenvalue weighted by atomic mass is 35.5. The highest BCUT2D eigenvalue weighted by molar-refractivity contribution is 6.30. The van der Waals surface area contributed by atoms with Crippen LogP contribution in [0, 0.1) is 5.92 Å². The molecule has 2 unspecified atom stereocenters. The van der Waals surface area contributed by atoms with Gasteiger partial charge in [-0.1, -0.05) is 30.6 Å². The van der Waals surface area contributed by atoms with E-state index in [1.165, 1.54) is 23.6 Å². The molecule has 0 bridgehead atoms. The van der Waals surface area contributed by atoms with E-state index in [0.29, 0.717) is 17.3 Å². The van der Waals surface area contributed by atoms with Gasteiger partial charge in [-0.15, -0.1) is 0 Å². The van der Waals surface area contributed by atoms with Gasteiger partial charge >= 0.3 is 0 Å². The van der Waals surface area contributed by atoms with Crippen LogP contribution in [0.2, 0.25) is 5.02 Å². The fourth-order valence-electron chi connectivity index (χ4n) is 3.49. The number of fused-ring (bicyclic) bond motifs is 1. The molecule has 0 N–H and O–H groups in total. The summed E-state index contributed by atoms with van der Waals surface area (Å²) in [4.78, 5) is 30.8. The first-order valence-corrected chi connectivity index (χ1v) is 10.1. The van der Waals surface area contributed by atoms with Crippen molar-refractivity contribution in [1.29, 1.82) is 0 Å². The Morgan fingerprint density at radius 1 is 1.27 bits per heavy atom. The number of halogens is 1. The fourth-order valence-corrected chi connectivity index (χ4v) is 3.64. The molecule has 156 valence electrons. The van der Waals surface area contributed by atoms with Crippen LogP contribution in [0.15, 0.2) is 45.3 Å². The maximum Gasteiger partial charge on any atom is 0.259 e. The number of aromatic nitrogens is 5. The molecule has 0 spiro atoms. The molecule has 2 aliphatic rings. The maximum atomic E-state index is 12.2. The van der Waals surface area contributed by atoms with Crippen LogP contribution in [0.5, 0.6) is 0 Å². The number of anilines is 1. The molecule has 3 aromatic rings. The van der Waals surface area contributed by atoms with Crippen LogP contribution in [-0.2, 0) is 6.54 Å². The van der Waals surface area contributed by atoms with Gasteiger partial charge in [0.25, 0.3) is 5.56 Å². The summed E-state index contributed by atoms with van der Waals surface area (Å²) in [7, 11) is 0. The van der Waals surface area contributed by atoms with E-state index in [1.54, 1.807) is 12.4 Å². The van der Waals surface area contributed by atoms with Gasteiger partial charge in [-0.25, -0.2) is 15.0 Å². The van der Waals surface area contributed by atoms with Gasteiger partial charge in [0.1, 0.15) is 18.7 Å². The zero-order chi connectivity index (χ0) is 21.1. The van der Waals surface area contributed by atoms with Crippen molar-refractivity contribution in [2.24, 2.45) is 10.9 Å². The minimum absolute atomic E-state index is 0.000125. The van der Waals surface area contributed by atoms with E-state index in [-0.39, 0.29) is 18.0 Å². The third-order valence-electron chi connectivity index (χ3n) is 5.10. The highest BCUT2D eigenvalue weighted by Gasteiger charge is 2.21. The molecule has 2 atom stereocenters. The number of nitrogens with zero attached hydrogens (tertiary/aromatic N) is 7. The van der Waals surface area contributed by atoms with E-state index in [1.807, 2.05) is 19.1 Å². The van der Waals surface area contributed by atoms with Crippen LogP contribution in [-0.4, -0.2) is 44.0 Å². The van der Waals surface area contributed by atoms with Gasteiger partial charge in [0, 0.05) is 36.4 Å². The summed E-state index contributed by atoms with van der Waals surface area (Å²) >= 11 is 5.89. The van der Waals surface area contributed by atoms with E-state index in [2.05, 4.69) is 36.9 Å². The molecule has 1 fully saturated rings. The van der Waals surface area contributed by atoms with Crippen molar-refractivity contribution >= 4 is 29.5 Å². The third-order valence-corrected chi connectivity index (χ3v) is 5.33. The molecule has 3 aromatic heterocycles. The molecule has 0 radical (unpaired) electrons. The minimum Gasteiger partial charge on any atom is -0.356 e. The van der Waals surface area contributed by atoms with Crippen LogP contribution in [0.25, 0.3) is 0 Å². The van der Waals surface area contributed by atoms with E-state index < -0.39 is 0 Å². The van der Waals surface area contributed by atoms with Crippen LogP contribution in [0.4, 0.5) is 11.6 Å². The lowest BCUT2D eigenvalue weighted by Gasteiger charge is -2.16. The zero-order valence-corrected chi connectivity index (χ0v) is 17.5. The summed E-state index contributed by atoms with van der Waals surface area (Å²) in [5.74, 6) is 2.67. The fraction of sp³-hybridized carbons (Fsp3) is 0.400. The Morgan fingerprint density at radius 3 is 2.83 bits per heavy atom. The molecule has 0 amide bonds. The van der Waals surface area contributed by atoms with Crippen LogP contribution < -0.4 is 10.5 Å². The number of pyridine rings is 1. The van der Waals surface area contributed by atoms with Gasteiger partial charge in [0.05, 0.1) is 5.56 Å². The maximum absolute atomic E-state index is 12.2. The number of hydrogen-bond acceptors (Lipinski definition) is 8. The Balaban J connectivity index is 0.000000151. The molecule has 0 aliphatic carbocycles. The number of aliphatic imine (C=N–C) groups is 1. The first-order chi connectivity index (χ1) is 14.5. The summed E-state index contributed by atoms with van der Waals surface area (Å²) in [6.07, 6.45) is 7.48. The molecule has 5 heterocycles. The smallest absolute Gasteiger partial charge is 0.259 e. The second-order valence-electron chi connectivity index (χ2n) is 7.49. The van der Waals surface area contributed by atoms with Gasteiger partial charge in [0.15, 0.2) is 12.1 Å². The molecule has 5 rings (SSSR count). The van der Waals surface area contributed by atoms with Crippen molar-refractivity contribution in [2.45, 2.75) is 32.7 Å². The summed E-state index contributed by atoms with van der Waals surface area (Å²) in [5, 5.41) is 4.26. The Bertz CT molecular complexity index is 1100. The summed E-state index contributed by atoms with van der Waals surface area (Å²) in [5.41, 5.74) is 0.505. The van der Waals surface area contributed by atoms with Crippen molar-refractivity contribution in [3.05, 3.63) is 57.8 Å². The standard InChI is InChI=1S/C10H13ClN2.C10H9N5O2/c1-8-3-5-13(7-8)10-6-9(11)2-4-12-10;1-6-2-11-9-8(6)10(16)15(5-13-9)3-7-12-4-14-17-7/h2,4,6,8H,3,5,7H2,1H3;2,4-6H,3H2,1H3. The normalized spacial score (nSPS) is 19.5. The predicted octanol–water partition coefficient (Wildman–Crippen LogP) is 3.08. The Kier molecular flexibility index (Phi) is 5.89.